The molecule has 0 bridgehead atoms. The molecule has 0 spiro atoms. The molecule has 0 aliphatic rings. The average molecular weight is 621 g/mol. The van der Waals surface area contributed by atoms with Crippen molar-refractivity contribution in [2.75, 3.05) is 24.5 Å². The average Bonchev–Trinajstić information content (AvgIpc) is 2.94. The van der Waals surface area contributed by atoms with Crippen LogP contribution >= 0.6 is 23.2 Å². The fourth-order valence-electron chi connectivity index (χ4n) is 3.98. The minimum absolute atomic E-state index is 0.0294. The van der Waals surface area contributed by atoms with Crippen LogP contribution in [0.15, 0.2) is 71.6 Å². The zero-order valence-corrected chi connectivity index (χ0v) is 26.1. The summed E-state index contributed by atoms with van der Waals surface area (Å²) in [6, 6.07) is 16.7. The number of benzene rings is 3. The first kappa shape index (κ1) is 32.2. The normalized spacial score (nSPS) is 12.1. The first-order valence-corrected chi connectivity index (χ1v) is 15.3. The highest BCUT2D eigenvalue weighted by atomic mass is 35.5. The molecule has 0 saturated heterocycles. The van der Waals surface area contributed by atoms with E-state index in [0.717, 1.165) is 9.87 Å². The predicted octanol–water partition coefficient (Wildman–Crippen LogP) is 5.70. The van der Waals surface area contributed by atoms with E-state index in [1.54, 1.807) is 61.5 Å². The highest BCUT2D eigenvalue weighted by molar-refractivity contribution is 7.92. The highest BCUT2D eigenvalue weighted by Gasteiger charge is 2.33. The Bertz CT molecular complexity index is 1460. The smallest absolute Gasteiger partial charge is 0.264 e. The summed E-state index contributed by atoms with van der Waals surface area (Å²) in [5, 5.41) is 3.60. The predicted molar refractivity (Wildman–Crippen MR) is 163 cm³/mol. The Morgan fingerprint density at radius 1 is 0.951 bits per heavy atom. The number of carbonyl (C=O) groups is 2. The van der Waals surface area contributed by atoms with Gasteiger partial charge in [-0.15, -0.1) is 0 Å². The summed E-state index contributed by atoms with van der Waals surface area (Å²) in [6.45, 7) is 7.21. The number of anilines is 1. The largest absolute Gasteiger partial charge is 0.497 e. The Kier molecular flexibility index (Phi) is 11.1. The quantitative estimate of drug-likeness (QED) is 0.281. The van der Waals surface area contributed by atoms with E-state index in [-0.39, 0.29) is 29.0 Å². The lowest BCUT2D eigenvalue weighted by Crippen LogP contribution is -2.51. The van der Waals surface area contributed by atoms with Gasteiger partial charge in [0.25, 0.3) is 10.0 Å². The molecule has 3 rings (SSSR count). The van der Waals surface area contributed by atoms with Crippen LogP contribution in [0.25, 0.3) is 0 Å². The second-order valence-corrected chi connectivity index (χ2v) is 12.8. The summed E-state index contributed by atoms with van der Waals surface area (Å²) in [4.78, 5) is 28.4. The van der Waals surface area contributed by atoms with Gasteiger partial charge in [0.1, 0.15) is 18.3 Å². The molecule has 0 aromatic heterocycles. The zero-order valence-electron chi connectivity index (χ0n) is 23.7. The van der Waals surface area contributed by atoms with Crippen LogP contribution in [0.2, 0.25) is 10.0 Å². The van der Waals surface area contributed by atoms with Crippen LogP contribution in [0.4, 0.5) is 5.69 Å². The topological polar surface area (TPSA) is 96.0 Å². The van der Waals surface area contributed by atoms with Gasteiger partial charge in [-0.3, -0.25) is 13.9 Å². The first-order valence-electron chi connectivity index (χ1n) is 13.1. The number of aryl methyl sites for hydroxylation is 1. The Hall–Kier alpha value is -3.27. The van der Waals surface area contributed by atoms with E-state index in [1.165, 1.54) is 24.1 Å². The summed E-state index contributed by atoms with van der Waals surface area (Å²) < 4.78 is 34.1. The van der Waals surface area contributed by atoms with E-state index in [2.05, 4.69) is 5.32 Å². The number of rotatable bonds is 12. The lowest BCUT2D eigenvalue weighted by molar-refractivity contribution is -0.139. The molecule has 0 aliphatic carbocycles. The van der Waals surface area contributed by atoms with E-state index < -0.39 is 28.5 Å². The van der Waals surface area contributed by atoms with E-state index >= 15 is 0 Å². The van der Waals surface area contributed by atoms with Crippen LogP contribution in [0.3, 0.4) is 0 Å². The fraction of sp³-hybridized carbons (Fsp3) is 0.333. The van der Waals surface area contributed by atoms with Crippen molar-refractivity contribution in [2.45, 2.75) is 45.2 Å². The number of amides is 2. The monoisotopic (exact) mass is 619 g/mol. The number of carbonyl (C=O) groups excluding carboxylic acids is 2. The fourth-order valence-corrected chi connectivity index (χ4v) is 5.87. The van der Waals surface area contributed by atoms with Crippen molar-refractivity contribution in [3.05, 3.63) is 87.9 Å². The third kappa shape index (κ3) is 8.38. The molecular weight excluding hydrogens is 585 g/mol. The van der Waals surface area contributed by atoms with Gasteiger partial charge >= 0.3 is 0 Å². The number of nitrogens with one attached hydrogen (secondary N) is 1. The second-order valence-electron chi connectivity index (χ2n) is 10.1. The van der Waals surface area contributed by atoms with Gasteiger partial charge in [-0.1, -0.05) is 60.8 Å². The second kappa shape index (κ2) is 14.1. The molecule has 3 aromatic carbocycles. The van der Waals surface area contributed by atoms with E-state index in [1.807, 2.05) is 20.8 Å². The molecule has 1 N–H and O–H groups in total. The standard InChI is InChI=1S/C30H35Cl2N3O5S/c1-20(2)17-33-30(37)22(4)34(18-23-8-9-24(31)16-28(23)32)29(36)19-35(25-10-12-26(40-5)13-11-25)41(38,39)27-14-6-21(3)7-15-27/h6-16,20,22H,17-19H2,1-5H3,(H,33,37)/t22-/m0/s1. The van der Waals surface area contributed by atoms with Crippen LogP contribution in [0.5, 0.6) is 5.75 Å². The van der Waals surface area contributed by atoms with Crippen LogP contribution in [-0.2, 0) is 26.2 Å². The van der Waals surface area contributed by atoms with Gasteiger partial charge in [0.15, 0.2) is 0 Å². The molecule has 1 atom stereocenters. The number of ether oxygens (including phenoxy) is 1. The zero-order chi connectivity index (χ0) is 30.3. The maximum absolute atomic E-state index is 14.0. The number of hydrogen-bond donors (Lipinski definition) is 1. The number of methoxy groups -OCH3 is 1. The SMILES string of the molecule is COc1ccc(N(CC(=O)N(Cc2ccc(Cl)cc2Cl)[C@@H](C)C(=O)NCC(C)C)S(=O)(=O)c2ccc(C)cc2)cc1. The Morgan fingerprint density at radius 3 is 2.15 bits per heavy atom. The minimum atomic E-state index is -4.17. The number of sulfonamides is 1. The van der Waals surface area contributed by atoms with Crippen LogP contribution in [0.1, 0.15) is 31.9 Å². The maximum atomic E-state index is 14.0. The number of hydrogen-bond acceptors (Lipinski definition) is 5. The lowest BCUT2D eigenvalue weighted by Gasteiger charge is -2.32. The minimum Gasteiger partial charge on any atom is -0.497 e. The van der Waals surface area contributed by atoms with Gasteiger partial charge in [0.05, 0.1) is 17.7 Å². The van der Waals surface area contributed by atoms with Crippen molar-refractivity contribution >= 4 is 50.7 Å². The third-order valence-corrected chi connectivity index (χ3v) is 8.83. The molecule has 0 aliphatic heterocycles. The number of halogens is 2. The summed E-state index contributed by atoms with van der Waals surface area (Å²) in [5.74, 6) is -0.224. The Labute approximate surface area is 252 Å². The van der Waals surface area contributed by atoms with Gasteiger partial charge in [-0.2, -0.15) is 0 Å². The molecule has 2 amide bonds. The molecule has 3 aromatic rings. The van der Waals surface area contributed by atoms with Crippen molar-refractivity contribution in [1.29, 1.82) is 0 Å². The Balaban J connectivity index is 2.04. The van der Waals surface area contributed by atoms with Gasteiger partial charge in [-0.25, -0.2) is 8.42 Å². The van der Waals surface area contributed by atoms with Crippen molar-refractivity contribution in [3.8, 4) is 5.75 Å². The van der Waals surface area contributed by atoms with Gasteiger partial charge in [-0.05, 0) is 73.9 Å². The summed E-state index contributed by atoms with van der Waals surface area (Å²) in [7, 11) is -2.67. The van der Waals surface area contributed by atoms with Crippen molar-refractivity contribution in [2.24, 2.45) is 5.92 Å². The molecular formula is C30H35Cl2N3O5S. The van der Waals surface area contributed by atoms with Crippen molar-refractivity contribution < 1.29 is 22.7 Å². The van der Waals surface area contributed by atoms with E-state index in [4.69, 9.17) is 27.9 Å². The maximum Gasteiger partial charge on any atom is 0.264 e. The van der Waals surface area contributed by atoms with E-state index in [9.17, 15) is 18.0 Å². The molecule has 8 nitrogen and oxygen atoms in total. The molecule has 0 saturated carbocycles. The Morgan fingerprint density at radius 2 is 1.59 bits per heavy atom. The van der Waals surface area contributed by atoms with Gasteiger partial charge in [0, 0.05) is 23.1 Å². The molecule has 220 valence electrons. The van der Waals surface area contributed by atoms with Gasteiger partial charge < -0.3 is 15.0 Å². The third-order valence-electron chi connectivity index (χ3n) is 6.46. The molecule has 0 radical (unpaired) electrons. The van der Waals surface area contributed by atoms with Crippen LogP contribution in [-0.4, -0.2) is 51.4 Å². The van der Waals surface area contributed by atoms with Crippen LogP contribution < -0.4 is 14.4 Å². The lowest BCUT2D eigenvalue weighted by atomic mass is 10.1. The summed E-state index contributed by atoms with van der Waals surface area (Å²) in [6.07, 6.45) is 0. The summed E-state index contributed by atoms with van der Waals surface area (Å²) in [5.41, 5.74) is 1.72. The molecule has 11 heteroatoms. The molecule has 41 heavy (non-hydrogen) atoms. The highest BCUT2D eigenvalue weighted by Crippen LogP contribution is 2.28. The van der Waals surface area contributed by atoms with Crippen LogP contribution in [0, 0.1) is 12.8 Å². The van der Waals surface area contributed by atoms with Gasteiger partial charge in [0.2, 0.25) is 11.8 Å². The first-order chi connectivity index (χ1) is 19.3. The molecule has 0 fully saturated rings. The molecule has 0 unspecified atom stereocenters. The summed E-state index contributed by atoms with van der Waals surface area (Å²) >= 11 is 12.5. The van der Waals surface area contributed by atoms with Crippen molar-refractivity contribution in [1.82, 2.24) is 10.2 Å². The van der Waals surface area contributed by atoms with E-state index in [0.29, 0.717) is 27.9 Å². The number of nitrogens with zero attached hydrogens (tertiary/aromatic N) is 2. The van der Waals surface area contributed by atoms with Crippen molar-refractivity contribution in [3.63, 3.8) is 0 Å². The molecule has 0 heterocycles.